The van der Waals surface area contributed by atoms with Crippen molar-refractivity contribution in [2.45, 2.75) is 57.3 Å². The van der Waals surface area contributed by atoms with Crippen molar-refractivity contribution in [3.8, 4) is 0 Å². The maximum Gasteiger partial charge on any atom is 0.226 e. The topological polar surface area (TPSA) is 106 Å². The number of amides is 1. The van der Waals surface area contributed by atoms with E-state index in [1.807, 2.05) is 44.2 Å². The van der Waals surface area contributed by atoms with Gasteiger partial charge in [0, 0.05) is 26.7 Å². The maximum absolute atomic E-state index is 13.1. The van der Waals surface area contributed by atoms with Crippen LogP contribution in [0.15, 0.2) is 30.3 Å². The number of Topliss-reactive ketones (excluding diaryl/α,β-unsaturated/α-hetero) is 2. The Morgan fingerprint density at radius 1 is 1.06 bits per heavy atom. The molecule has 1 amide bonds. The van der Waals surface area contributed by atoms with Gasteiger partial charge in [0.05, 0.1) is 37.8 Å². The van der Waals surface area contributed by atoms with Gasteiger partial charge in [0.15, 0.2) is 11.6 Å². The molecule has 32 heavy (non-hydrogen) atoms. The van der Waals surface area contributed by atoms with Crippen molar-refractivity contribution in [2.24, 2.45) is 5.92 Å². The number of hydrogen-bond donors (Lipinski definition) is 2. The number of nitrogens with one attached hydrogen (secondary N) is 2. The van der Waals surface area contributed by atoms with Crippen LogP contribution in [-0.4, -0.2) is 75.2 Å². The van der Waals surface area contributed by atoms with Crippen LogP contribution in [0.2, 0.25) is 0 Å². The maximum atomic E-state index is 13.1. The molecule has 0 aliphatic carbocycles. The summed E-state index contributed by atoms with van der Waals surface area (Å²) in [5, 5.41) is 6.03. The first-order valence-electron chi connectivity index (χ1n) is 11.0. The van der Waals surface area contributed by atoms with Crippen molar-refractivity contribution in [1.29, 1.82) is 0 Å². The Kier molecular flexibility index (Phi) is 9.96. The van der Waals surface area contributed by atoms with Crippen LogP contribution in [0.25, 0.3) is 0 Å². The van der Waals surface area contributed by atoms with E-state index in [1.54, 1.807) is 6.92 Å². The van der Waals surface area contributed by atoms with Crippen LogP contribution in [0.4, 0.5) is 0 Å². The Morgan fingerprint density at radius 2 is 1.69 bits per heavy atom. The van der Waals surface area contributed by atoms with Gasteiger partial charge >= 0.3 is 0 Å². The fraction of sp³-hybridized carbons (Fsp3) is 0.625. The van der Waals surface area contributed by atoms with Gasteiger partial charge in [-0.1, -0.05) is 44.2 Å². The van der Waals surface area contributed by atoms with Gasteiger partial charge in [0.25, 0.3) is 0 Å². The summed E-state index contributed by atoms with van der Waals surface area (Å²) in [5.74, 6) is -1.42. The Bertz CT molecular complexity index is 763. The average Bonchev–Trinajstić information content (AvgIpc) is 3.51. The van der Waals surface area contributed by atoms with E-state index in [4.69, 9.17) is 14.2 Å². The molecule has 2 rings (SSSR count). The van der Waals surface area contributed by atoms with E-state index in [2.05, 4.69) is 10.6 Å². The molecule has 1 heterocycles. The Balaban J connectivity index is 2.12. The molecule has 0 spiro atoms. The lowest BCUT2D eigenvalue weighted by atomic mass is 9.93. The number of ether oxygens (including phenoxy) is 3. The predicted octanol–water partition coefficient (Wildman–Crippen LogP) is 1.31. The van der Waals surface area contributed by atoms with Crippen molar-refractivity contribution in [2.75, 3.05) is 34.0 Å². The number of epoxide rings is 1. The number of ketones is 2. The van der Waals surface area contributed by atoms with Crippen LogP contribution in [-0.2, 0) is 35.0 Å². The second kappa shape index (κ2) is 12.2. The van der Waals surface area contributed by atoms with E-state index in [-0.39, 0.29) is 43.2 Å². The second-order valence-corrected chi connectivity index (χ2v) is 8.79. The minimum absolute atomic E-state index is 0.0204. The molecule has 0 unspecified atom stereocenters. The van der Waals surface area contributed by atoms with E-state index >= 15 is 0 Å². The number of carbonyl (C=O) groups is 3. The van der Waals surface area contributed by atoms with Gasteiger partial charge in [-0.25, -0.2) is 0 Å². The molecule has 1 saturated heterocycles. The van der Waals surface area contributed by atoms with Gasteiger partial charge in [-0.2, -0.15) is 0 Å². The van der Waals surface area contributed by atoms with Crippen LogP contribution in [0.5, 0.6) is 0 Å². The van der Waals surface area contributed by atoms with E-state index < -0.39 is 23.6 Å². The van der Waals surface area contributed by atoms with Crippen molar-refractivity contribution in [3.63, 3.8) is 0 Å². The number of rotatable bonds is 15. The second-order valence-electron chi connectivity index (χ2n) is 8.79. The molecule has 1 fully saturated rings. The Labute approximate surface area is 190 Å². The zero-order valence-electron chi connectivity index (χ0n) is 19.7. The van der Waals surface area contributed by atoms with E-state index in [0.717, 1.165) is 5.56 Å². The zero-order valence-corrected chi connectivity index (χ0v) is 19.7. The number of benzene rings is 1. The molecule has 0 bridgehead atoms. The molecule has 1 aliphatic heterocycles. The van der Waals surface area contributed by atoms with E-state index in [0.29, 0.717) is 13.0 Å². The number of hydrogen-bond acceptors (Lipinski definition) is 7. The molecule has 8 heteroatoms. The first kappa shape index (κ1) is 26.1. The van der Waals surface area contributed by atoms with Crippen LogP contribution in [0.1, 0.15) is 32.8 Å². The van der Waals surface area contributed by atoms with Gasteiger partial charge in [0.2, 0.25) is 5.91 Å². The van der Waals surface area contributed by atoms with Gasteiger partial charge < -0.3 is 24.8 Å². The van der Waals surface area contributed by atoms with E-state index in [1.165, 1.54) is 14.2 Å². The van der Waals surface area contributed by atoms with Crippen molar-refractivity contribution in [3.05, 3.63) is 35.9 Å². The minimum atomic E-state index is -0.871. The van der Waals surface area contributed by atoms with E-state index in [9.17, 15) is 14.4 Å². The first-order chi connectivity index (χ1) is 15.2. The third kappa shape index (κ3) is 7.78. The van der Waals surface area contributed by atoms with Gasteiger partial charge in [-0.05, 0) is 18.9 Å². The monoisotopic (exact) mass is 448 g/mol. The standard InChI is InChI=1S/C24H36N2O6/c1-16(2)25-20(14-31-5)21(27)12-18(13-30-4)23(29)26-19(22(28)24(3)15-32-24)11-17-9-7-6-8-10-17/h6-10,16,18-20,25H,11-15H2,1-5H3,(H,26,29)/t18-,19-,20-,24+/m0/s1. The zero-order chi connectivity index (χ0) is 23.7. The molecule has 0 radical (unpaired) electrons. The average molecular weight is 449 g/mol. The third-order valence-corrected chi connectivity index (χ3v) is 5.46. The summed E-state index contributed by atoms with van der Waals surface area (Å²) in [5.41, 5.74) is 0.0559. The molecular formula is C24H36N2O6. The molecule has 178 valence electrons. The highest BCUT2D eigenvalue weighted by Crippen LogP contribution is 2.29. The van der Waals surface area contributed by atoms with Crippen LogP contribution in [0.3, 0.4) is 0 Å². The first-order valence-corrected chi connectivity index (χ1v) is 11.0. The molecule has 2 N–H and O–H groups in total. The summed E-state index contributed by atoms with van der Waals surface area (Å²) in [7, 11) is 3.01. The highest BCUT2D eigenvalue weighted by Gasteiger charge is 2.50. The van der Waals surface area contributed by atoms with Crippen LogP contribution < -0.4 is 10.6 Å². The molecule has 1 aliphatic rings. The number of methoxy groups -OCH3 is 2. The molecular weight excluding hydrogens is 412 g/mol. The summed E-state index contributed by atoms with van der Waals surface area (Å²) in [6.45, 7) is 6.22. The van der Waals surface area contributed by atoms with Crippen LogP contribution >= 0.6 is 0 Å². The van der Waals surface area contributed by atoms with Gasteiger partial charge in [0.1, 0.15) is 5.60 Å². The molecule has 8 nitrogen and oxygen atoms in total. The largest absolute Gasteiger partial charge is 0.384 e. The minimum Gasteiger partial charge on any atom is -0.384 e. The summed E-state index contributed by atoms with van der Waals surface area (Å²) in [6, 6.07) is 8.29. The normalized spacial score (nSPS) is 20.4. The molecule has 4 atom stereocenters. The lowest BCUT2D eigenvalue weighted by Gasteiger charge is -2.25. The fourth-order valence-electron chi connectivity index (χ4n) is 3.58. The predicted molar refractivity (Wildman–Crippen MR) is 120 cm³/mol. The Morgan fingerprint density at radius 3 is 2.22 bits per heavy atom. The summed E-state index contributed by atoms with van der Waals surface area (Å²) in [4.78, 5) is 39.0. The summed E-state index contributed by atoms with van der Waals surface area (Å²) in [6.07, 6.45) is 0.326. The molecule has 0 aromatic heterocycles. The summed E-state index contributed by atoms with van der Waals surface area (Å²) >= 11 is 0. The van der Waals surface area contributed by atoms with Gasteiger partial charge in [-0.15, -0.1) is 0 Å². The smallest absolute Gasteiger partial charge is 0.226 e. The van der Waals surface area contributed by atoms with Crippen molar-refractivity contribution in [1.82, 2.24) is 10.6 Å². The quantitative estimate of drug-likeness (QED) is 0.390. The Hall–Kier alpha value is -2.13. The summed E-state index contributed by atoms with van der Waals surface area (Å²) < 4.78 is 15.7. The lowest BCUT2D eigenvalue weighted by molar-refractivity contribution is -0.135. The number of carbonyl (C=O) groups excluding carboxylic acids is 3. The van der Waals surface area contributed by atoms with Crippen LogP contribution in [0, 0.1) is 5.92 Å². The molecule has 0 saturated carbocycles. The SMILES string of the molecule is COC[C@H](CC(=O)[C@H](COC)NC(C)C)C(=O)N[C@@H](Cc1ccccc1)C(=O)[C@@]1(C)CO1. The van der Waals surface area contributed by atoms with Gasteiger partial charge in [-0.3, -0.25) is 14.4 Å². The highest BCUT2D eigenvalue weighted by atomic mass is 16.6. The van der Waals surface area contributed by atoms with Crippen molar-refractivity contribution < 1.29 is 28.6 Å². The highest BCUT2D eigenvalue weighted by molar-refractivity contribution is 5.97. The molecule has 1 aromatic carbocycles. The molecule has 1 aromatic rings. The fourth-order valence-corrected chi connectivity index (χ4v) is 3.58. The lowest BCUT2D eigenvalue weighted by Crippen LogP contribution is -2.51. The van der Waals surface area contributed by atoms with Crippen molar-refractivity contribution >= 4 is 17.5 Å². The third-order valence-electron chi connectivity index (χ3n) is 5.46.